The molecule has 0 bridgehead atoms. The monoisotopic (exact) mass is 420 g/mol. The highest BCUT2D eigenvalue weighted by atomic mass is 32.2. The second-order valence-electron chi connectivity index (χ2n) is 6.38. The van der Waals surface area contributed by atoms with Gasteiger partial charge in [-0.2, -0.15) is 0 Å². The summed E-state index contributed by atoms with van der Waals surface area (Å²) in [6.45, 7) is 4.62. The van der Waals surface area contributed by atoms with E-state index < -0.39 is 28.5 Å². The first kappa shape index (κ1) is 22.4. The van der Waals surface area contributed by atoms with Gasteiger partial charge in [0.25, 0.3) is 5.91 Å². The van der Waals surface area contributed by atoms with Gasteiger partial charge in [0.1, 0.15) is 5.75 Å². The lowest BCUT2D eigenvalue weighted by Crippen LogP contribution is -2.24. The third-order valence-electron chi connectivity index (χ3n) is 4.29. The van der Waals surface area contributed by atoms with Gasteiger partial charge in [0.2, 0.25) is 10.0 Å². The number of carbonyl (C=O) groups is 2. The van der Waals surface area contributed by atoms with Crippen LogP contribution in [-0.2, 0) is 24.3 Å². The number of ether oxygens (including phenoxy) is 2. The van der Waals surface area contributed by atoms with Crippen molar-refractivity contribution in [3.05, 3.63) is 53.1 Å². The molecular formula is C20H24N2O6S. The predicted octanol–water partition coefficient (Wildman–Crippen LogP) is 2.08. The van der Waals surface area contributed by atoms with Crippen molar-refractivity contribution in [2.45, 2.75) is 25.7 Å². The molecule has 0 unspecified atom stereocenters. The van der Waals surface area contributed by atoms with Crippen LogP contribution in [0.1, 0.15) is 16.7 Å². The normalized spacial score (nSPS) is 11.0. The second-order valence-corrected chi connectivity index (χ2v) is 8.24. The SMILES string of the molecule is CNS(=O)(=O)c1cc(NC(=O)COC(=O)COc2cccc(C)c2C)ccc1C. The number of benzene rings is 2. The van der Waals surface area contributed by atoms with Crippen molar-refractivity contribution in [1.29, 1.82) is 0 Å². The summed E-state index contributed by atoms with van der Waals surface area (Å²) in [7, 11) is -2.35. The first-order valence-corrected chi connectivity index (χ1v) is 10.3. The Morgan fingerprint density at radius 1 is 1.00 bits per heavy atom. The number of esters is 1. The first-order chi connectivity index (χ1) is 13.6. The summed E-state index contributed by atoms with van der Waals surface area (Å²) in [6, 6.07) is 9.97. The molecule has 0 saturated carbocycles. The number of nitrogens with one attached hydrogen (secondary N) is 2. The maximum atomic E-state index is 12.0. The van der Waals surface area contributed by atoms with Crippen LogP contribution in [0.25, 0.3) is 0 Å². The molecule has 8 nitrogen and oxygen atoms in total. The van der Waals surface area contributed by atoms with E-state index in [0.29, 0.717) is 11.3 Å². The highest BCUT2D eigenvalue weighted by Gasteiger charge is 2.16. The molecule has 0 aromatic heterocycles. The minimum absolute atomic E-state index is 0.0525. The third kappa shape index (κ3) is 6.03. The van der Waals surface area contributed by atoms with Crippen molar-refractivity contribution in [2.75, 3.05) is 25.6 Å². The molecular weight excluding hydrogens is 396 g/mol. The van der Waals surface area contributed by atoms with E-state index in [4.69, 9.17) is 9.47 Å². The number of rotatable bonds is 8. The van der Waals surface area contributed by atoms with Crippen LogP contribution >= 0.6 is 0 Å². The van der Waals surface area contributed by atoms with E-state index >= 15 is 0 Å². The summed E-state index contributed by atoms with van der Waals surface area (Å²) in [5, 5.41) is 2.50. The van der Waals surface area contributed by atoms with Crippen LogP contribution in [-0.4, -0.2) is 40.6 Å². The lowest BCUT2D eigenvalue weighted by atomic mass is 10.1. The Balaban J connectivity index is 1.89. The highest BCUT2D eigenvalue weighted by molar-refractivity contribution is 7.89. The second kappa shape index (κ2) is 9.53. The minimum Gasteiger partial charge on any atom is -0.482 e. The number of hydrogen-bond acceptors (Lipinski definition) is 6. The molecule has 0 aliphatic rings. The summed E-state index contributed by atoms with van der Waals surface area (Å²) in [5.41, 5.74) is 2.77. The van der Waals surface area contributed by atoms with Crippen LogP contribution < -0.4 is 14.8 Å². The molecule has 2 rings (SSSR count). The standard InChI is InChI=1S/C20H24N2O6S/c1-13-6-5-7-17(15(13)3)27-12-20(24)28-11-19(23)22-16-9-8-14(2)18(10-16)29(25,26)21-4/h5-10,21H,11-12H2,1-4H3,(H,22,23). The lowest BCUT2D eigenvalue weighted by Gasteiger charge is -2.12. The number of amides is 1. The van der Waals surface area contributed by atoms with Gasteiger partial charge in [-0.3, -0.25) is 4.79 Å². The Morgan fingerprint density at radius 3 is 2.41 bits per heavy atom. The zero-order valence-corrected chi connectivity index (χ0v) is 17.6. The highest BCUT2D eigenvalue weighted by Crippen LogP contribution is 2.21. The smallest absolute Gasteiger partial charge is 0.344 e. The molecule has 156 valence electrons. The number of anilines is 1. The Kier molecular flexibility index (Phi) is 7.35. The van der Waals surface area contributed by atoms with Crippen LogP contribution in [0.2, 0.25) is 0 Å². The van der Waals surface area contributed by atoms with E-state index in [9.17, 15) is 18.0 Å². The molecule has 2 N–H and O–H groups in total. The largest absolute Gasteiger partial charge is 0.482 e. The fourth-order valence-electron chi connectivity index (χ4n) is 2.48. The molecule has 2 aromatic carbocycles. The summed E-state index contributed by atoms with van der Waals surface area (Å²) >= 11 is 0. The van der Waals surface area contributed by atoms with Gasteiger partial charge in [-0.05, 0) is 62.7 Å². The zero-order chi connectivity index (χ0) is 21.6. The van der Waals surface area contributed by atoms with Crippen molar-refractivity contribution in [3.63, 3.8) is 0 Å². The third-order valence-corrected chi connectivity index (χ3v) is 5.85. The molecule has 1 amide bonds. The molecule has 2 aromatic rings. The van der Waals surface area contributed by atoms with Gasteiger partial charge in [0.05, 0.1) is 4.90 Å². The number of aryl methyl sites for hydroxylation is 2. The summed E-state index contributed by atoms with van der Waals surface area (Å²) < 4.78 is 36.6. The molecule has 0 fully saturated rings. The van der Waals surface area contributed by atoms with Gasteiger partial charge in [-0.1, -0.05) is 18.2 Å². The molecule has 29 heavy (non-hydrogen) atoms. The van der Waals surface area contributed by atoms with Gasteiger partial charge >= 0.3 is 5.97 Å². The average Bonchev–Trinajstić information content (AvgIpc) is 2.68. The van der Waals surface area contributed by atoms with Crippen molar-refractivity contribution in [1.82, 2.24) is 4.72 Å². The van der Waals surface area contributed by atoms with Crippen molar-refractivity contribution < 1.29 is 27.5 Å². The minimum atomic E-state index is -3.66. The average molecular weight is 420 g/mol. The number of carbonyl (C=O) groups excluding carboxylic acids is 2. The van der Waals surface area contributed by atoms with Crippen molar-refractivity contribution in [2.24, 2.45) is 0 Å². The zero-order valence-electron chi connectivity index (χ0n) is 16.7. The van der Waals surface area contributed by atoms with E-state index in [1.54, 1.807) is 25.1 Å². The van der Waals surface area contributed by atoms with E-state index in [2.05, 4.69) is 10.0 Å². The number of hydrogen-bond donors (Lipinski definition) is 2. The lowest BCUT2D eigenvalue weighted by molar-refractivity contribution is -0.149. The van der Waals surface area contributed by atoms with Crippen LogP contribution in [0.5, 0.6) is 5.75 Å². The van der Waals surface area contributed by atoms with Crippen LogP contribution in [0.3, 0.4) is 0 Å². The maximum Gasteiger partial charge on any atom is 0.344 e. The van der Waals surface area contributed by atoms with E-state index in [1.165, 1.54) is 13.1 Å². The van der Waals surface area contributed by atoms with Crippen LogP contribution in [0, 0.1) is 20.8 Å². The van der Waals surface area contributed by atoms with Gasteiger partial charge in [-0.25, -0.2) is 17.9 Å². The van der Waals surface area contributed by atoms with Gasteiger partial charge in [0.15, 0.2) is 13.2 Å². The molecule has 0 atom stereocenters. The van der Waals surface area contributed by atoms with Crippen molar-refractivity contribution in [3.8, 4) is 5.75 Å². The molecule has 0 saturated heterocycles. The van der Waals surface area contributed by atoms with Gasteiger partial charge in [-0.15, -0.1) is 0 Å². The maximum absolute atomic E-state index is 12.0. The van der Waals surface area contributed by atoms with Crippen molar-refractivity contribution >= 4 is 27.6 Å². The van der Waals surface area contributed by atoms with E-state index in [-0.39, 0.29) is 17.2 Å². The fraction of sp³-hybridized carbons (Fsp3) is 0.300. The van der Waals surface area contributed by atoms with Gasteiger partial charge < -0.3 is 14.8 Å². The molecule has 9 heteroatoms. The molecule has 0 aliphatic heterocycles. The Bertz CT molecular complexity index is 1020. The molecule has 0 aliphatic carbocycles. The Hall–Kier alpha value is -2.91. The summed E-state index contributed by atoms with van der Waals surface area (Å²) in [4.78, 5) is 23.9. The molecule has 0 radical (unpaired) electrons. The van der Waals surface area contributed by atoms with Crippen LogP contribution in [0.15, 0.2) is 41.3 Å². The summed E-state index contributed by atoms with van der Waals surface area (Å²) in [5.74, 6) is -0.713. The molecule has 0 heterocycles. The Labute approximate surface area is 170 Å². The van der Waals surface area contributed by atoms with Crippen LogP contribution in [0.4, 0.5) is 5.69 Å². The summed E-state index contributed by atoms with van der Waals surface area (Å²) in [6.07, 6.45) is 0. The van der Waals surface area contributed by atoms with E-state index in [1.807, 2.05) is 26.0 Å². The fourth-order valence-corrected chi connectivity index (χ4v) is 3.47. The predicted molar refractivity (Wildman–Crippen MR) is 108 cm³/mol. The Morgan fingerprint density at radius 2 is 1.72 bits per heavy atom. The quantitative estimate of drug-likeness (QED) is 0.633. The topological polar surface area (TPSA) is 111 Å². The molecule has 0 spiro atoms. The first-order valence-electron chi connectivity index (χ1n) is 8.82. The van der Waals surface area contributed by atoms with Gasteiger partial charge in [0, 0.05) is 5.69 Å². The number of sulfonamides is 1. The van der Waals surface area contributed by atoms with E-state index in [0.717, 1.165) is 11.1 Å².